The number of aryl methyl sites for hydroxylation is 1. The van der Waals surface area contributed by atoms with Gasteiger partial charge in [-0.2, -0.15) is 0 Å². The number of carbonyl (C=O) groups excluding carboxylic acids is 1. The number of aliphatic carboxylic acids is 1. The molecule has 0 atom stereocenters. The molecular weight excluding hydrogens is 410 g/mol. The van der Waals surface area contributed by atoms with Gasteiger partial charge in [-0.05, 0) is 55.7 Å². The van der Waals surface area contributed by atoms with Gasteiger partial charge in [-0.25, -0.2) is 18.0 Å². The number of ether oxygens (including phenoxy) is 1. The standard InChI is InChI=1S/C20H23N3O6S/c1-14-12-15(8-9-18(14)29-13-19(24)25)30(27,28)22-17-7-3-2-6-16(17)21-20(26)23-10-4-5-11-23/h2-3,6-9,12,22H,4-5,10-11,13H2,1H3,(H,21,26)(H,24,25). The van der Waals surface area contributed by atoms with Crippen LogP contribution in [0.1, 0.15) is 18.4 Å². The van der Waals surface area contributed by atoms with Gasteiger partial charge in [0.2, 0.25) is 0 Å². The molecule has 0 aromatic heterocycles. The third kappa shape index (κ3) is 5.20. The second kappa shape index (κ2) is 9.04. The molecule has 1 aliphatic heterocycles. The second-order valence-electron chi connectivity index (χ2n) is 6.89. The van der Waals surface area contributed by atoms with Crippen molar-refractivity contribution in [2.75, 3.05) is 29.7 Å². The van der Waals surface area contributed by atoms with Crippen molar-refractivity contribution in [3.05, 3.63) is 48.0 Å². The molecule has 1 aliphatic rings. The summed E-state index contributed by atoms with van der Waals surface area (Å²) in [6.45, 7) is 2.46. The van der Waals surface area contributed by atoms with Crippen LogP contribution in [0.2, 0.25) is 0 Å². The number of rotatable bonds is 7. The number of nitrogens with one attached hydrogen (secondary N) is 2. The lowest BCUT2D eigenvalue weighted by molar-refractivity contribution is -0.139. The average molecular weight is 433 g/mol. The molecule has 1 fully saturated rings. The molecule has 160 valence electrons. The quantitative estimate of drug-likeness (QED) is 0.617. The Kier molecular flexibility index (Phi) is 6.46. The summed E-state index contributed by atoms with van der Waals surface area (Å²) < 4.78 is 33.3. The molecule has 0 radical (unpaired) electrons. The number of hydrogen-bond acceptors (Lipinski definition) is 5. The monoisotopic (exact) mass is 433 g/mol. The zero-order valence-electron chi connectivity index (χ0n) is 16.4. The van der Waals surface area contributed by atoms with Crippen LogP contribution in [0.15, 0.2) is 47.4 Å². The summed E-state index contributed by atoms with van der Waals surface area (Å²) in [4.78, 5) is 24.7. The summed E-state index contributed by atoms with van der Waals surface area (Å²) in [5.74, 6) is -0.838. The minimum atomic E-state index is -3.95. The van der Waals surface area contributed by atoms with E-state index in [0.717, 1.165) is 12.8 Å². The van der Waals surface area contributed by atoms with Gasteiger partial charge in [0.25, 0.3) is 10.0 Å². The Bertz CT molecular complexity index is 1050. The zero-order valence-corrected chi connectivity index (χ0v) is 17.2. The molecule has 0 aliphatic carbocycles. The van der Waals surface area contributed by atoms with E-state index in [0.29, 0.717) is 24.3 Å². The van der Waals surface area contributed by atoms with Gasteiger partial charge in [-0.1, -0.05) is 12.1 Å². The molecule has 0 spiro atoms. The van der Waals surface area contributed by atoms with Crippen LogP contribution in [-0.4, -0.2) is 50.1 Å². The largest absolute Gasteiger partial charge is 0.482 e. The lowest BCUT2D eigenvalue weighted by Crippen LogP contribution is -2.32. The predicted octanol–water partition coefficient (Wildman–Crippen LogP) is 2.89. The van der Waals surface area contributed by atoms with Crippen LogP contribution in [0, 0.1) is 6.92 Å². The minimum Gasteiger partial charge on any atom is -0.482 e. The van der Waals surface area contributed by atoms with E-state index >= 15 is 0 Å². The summed E-state index contributed by atoms with van der Waals surface area (Å²) in [5, 5.41) is 11.5. The van der Waals surface area contributed by atoms with Gasteiger partial charge in [0.1, 0.15) is 5.75 Å². The highest BCUT2D eigenvalue weighted by atomic mass is 32.2. The van der Waals surface area contributed by atoms with Gasteiger partial charge in [0.15, 0.2) is 6.61 Å². The van der Waals surface area contributed by atoms with Crippen molar-refractivity contribution in [3.63, 3.8) is 0 Å². The lowest BCUT2D eigenvalue weighted by atomic mass is 10.2. The summed E-state index contributed by atoms with van der Waals surface area (Å²) in [5.41, 5.74) is 1.08. The van der Waals surface area contributed by atoms with Crippen molar-refractivity contribution in [3.8, 4) is 5.75 Å². The number of sulfonamides is 1. The Balaban J connectivity index is 1.77. The van der Waals surface area contributed by atoms with E-state index in [2.05, 4.69) is 10.0 Å². The van der Waals surface area contributed by atoms with Gasteiger partial charge in [-0.3, -0.25) is 4.72 Å². The van der Waals surface area contributed by atoms with Gasteiger partial charge in [0, 0.05) is 13.1 Å². The number of hydrogen-bond donors (Lipinski definition) is 3. The normalized spacial score (nSPS) is 13.7. The highest BCUT2D eigenvalue weighted by Crippen LogP contribution is 2.27. The Morgan fingerprint density at radius 2 is 1.77 bits per heavy atom. The third-order valence-electron chi connectivity index (χ3n) is 4.61. The average Bonchev–Trinajstić information content (AvgIpc) is 3.23. The van der Waals surface area contributed by atoms with Gasteiger partial charge in [0.05, 0.1) is 16.3 Å². The van der Waals surface area contributed by atoms with Crippen LogP contribution in [0.3, 0.4) is 0 Å². The third-order valence-corrected chi connectivity index (χ3v) is 5.98. The first-order chi connectivity index (χ1) is 14.3. The summed E-state index contributed by atoms with van der Waals surface area (Å²) in [7, 11) is -3.95. The topological polar surface area (TPSA) is 125 Å². The first-order valence-corrected chi connectivity index (χ1v) is 10.9. The van der Waals surface area contributed by atoms with Crippen molar-refractivity contribution in [2.45, 2.75) is 24.7 Å². The van der Waals surface area contributed by atoms with Crippen molar-refractivity contribution in [1.29, 1.82) is 0 Å². The number of carbonyl (C=O) groups is 2. The van der Waals surface area contributed by atoms with Crippen molar-refractivity contribution >= 4 is 33.4 Å². The number of urea groups is 1. The predicted molar refractivity (Wildman–Crippen MR) is 111 cm³/mol. The molecule has 3 N–H and O–H groups in total. The van der Waals surface area contributed by atoms with Crippen LogP contribution in [-0.2, 0) is 14.8 Å². The maximum Gasteiger partial charge on any atom is 0.341 e. The second-order valence-corrected chi connectivity index (χ2v) is 8.57. The molecule has 0 bridgehead atoms. The van der Waals surface area contributed by atoms with Gasteiger partial charge < -0.3 is 20.1 Å². The van der Waals surface area contributed by atoms with E-state index in [1.165, 1.54) is 18.2 Å². The van der Waals surface area contributed by atoms with Crippen LogP contribution >= 0.6 is 0 Å². The number of likely N-dealkylation sites (tertiary alicyclic amines) is 1. The van der Waals surface area contributed by atoms with Gasteiger partial charge >= 0.3 is 12.0 Å². The molecule has 1 saturated heterocycles. The molecule has 2 aromatic carbocycles. The lowest BCUT2D eigenvalue weighted by Gasteiger charge is -2.18. The molecule has 9 nitrogen and oxygen atoms in total. The van der Waals surface area contributed by atoms with E-state index in [9.17, 15) is 18.0 Å². The van der Waals surface area contributed by atoms with Crippen molar-refractivity contribution in [2.24, 2.45) is 0 Å². The molecule has 0 unspecified atom stereocenters. The molecule has 1 heterocycles. The molecule has 0 saturated carbocycles. The van der Waals surface area contributed by atoms with Crippen molar-refractivity contribution < 1.29 is 27.9 Å². The summed E-state index contributed by atoms with van der Waals surface area (Å²) >= 11 is 0. The van der Waals surface area contributed by atoms with E-state index in [1.54, 1.807) is 36.1 Å². The Morgan fingerprint density at radius 1 is 1.10 bits per heavy atom. The maximum absolute atomic E-state index is 12.9. The van der Waals surface area contributed by atoms with Crippen LogP contribution in [0.25, 0.3) is 0 Å². The maximum atomic E-state index is 12.9. The zero-order chi connectivity index (χ0) is 21.7. The summed E-state index contributed by atoms with van der Waals surface area (Å²) in [6.07, 6.45) is 1.90. The number of carboxylic acid groups (broad SMARTS) is 1. The number of nitrogens with zero attached hydrogens (tertiary/aromatic N) is 1. The molecule has 10 heteroatoms. The van der Waals surface area contributed by atoms with E-state index in [4.69, 9.17) is 9.84 Å². The number of carboxylic acids is 1. The molecule has 2 aromatic rings. The first kappa shape index (κ1) is 21.4. The fraction of sp³-hybridized carbons (Fsp3) is 0.300. The van der Waals surface area contributed by atoms with Crippen LogP contribution in [0.5, 0.6) is 5.75 Å². The smallest absolute Gasteiger partial charge is 0.341 e. The fourth-order valence-electron chi connectivity index (χ4n) is 3.09. The fourth-order valence-corrected chi connectivity index (χ4v) is 4.25. The first-order valence-electron chi connectivity index (χ1n) is 9.39. The van der Waals surface area contributed by atoms with Crippen LogP contribution < -0.4 is 14.8 Å². The van der Waals surface area contributed by atoms with Crippen LogP contribution in [0.4, 0.5) is 16.2 Å². The number of amides is 2. The minimum absolute atomic E-state index is 0.0108. The Morgan fingerprint density at radius 3 is 2.40 bits per heavy atom. The summed E-state index contributed by atoms with van der Waals surface area (Å²) in [6, 6.07) is 10.4. The Labute approximate surface area is 174 Å². The van der Waals surface area contributed by atoms with E-state index in [-0.39, 0.29) is 22.4 Å². The number of benzene rings is 2. The Hall–Kier alpha value is -3.27. The molecule has 30 heavy (non-hydrogen) atoms. The molecule has 3 rings (SSSR count). The molecule has 2 amide bonds. The van der Waals surface area contributed by atoms with Gasteiger partial charge in [-0.15, -0.1) is 0 Å². The SMILES string of the molecule is Cc1cc(S(=O)(=O)Nc2ccccc2NC(=O)N2CCCC2)ccc1OCC(=O)O. The van der Waals surface area contributed by atoms with E-state index < -0.39 is 22.6 Å². The molecular formula is C20H23N3O6S. The van der Waals surface area contributed by atoms with Crippen molar-refractivity contribution in [1.82, 2.24) is 4.90 Å². The highest BCUT2D eigenvalue weighted by molar-refractivity contribution is 7.92. The number of para-hydroxylation sites is 2. The number of anilines is 2. The highest BCUT2D eigenvalue weighted by Gasteiger charge is 2.21. The van der Waals surface area contributed by atoms with E-state index in [1.807, 2.05) is 0 Å².